The van der Waals surface area contributed by atoms with Crippen LogP contribution in [-0.4, -0.2) is 25.6 Å². The summed E-state index contributed by atoms with van der Waals surface area (Å²) in [5, 5.41) is 0. The molecule has 0 atom stereocenters. The molecule has 2 aliphatic rings. The van der Waals surface area contributed by atoms with Crippen molar-refractivity contribution >= 4 is 0 Å². The van der Waals surface area contributed by atoms with Gasteiger partial charge in [-0.25, -0.2) is 8.78 Å². The minimum absolute atomic E-state index is 0.0999. The molecule has 1 aliphatic heterocycles. The molecule has 0 radical (unpaired) electrons. The average Bonchev–Trinajstić information content (AvgIpc) is 2.66. The molecule has 3 nitrogen and oxygen atoms in total. The molecule has 0 unspecified atom stereocenters. The molecule has 2 fully saturated rings. The lowest BCUT2D eigenvalue weighted by Gasteiger charge is -2.38. The summed E-state index contributed by atoms with van der Waals surface area (Å²) in [5.41, 5.74) is 0. The number of ether oxygens (including phenoxy) is 3. The molecule has 0 aromatic heterocycles. The maximum atomic E-state index is 14.4. The van der Waals surface area contributed by atoms with Gasteiger partial charge in [-0.2, -0.15) is 8.78 Å². The van der Waals surface area contributed by atoms with Crippen LogP contribution < -0.4 is 4.74 Å². The largest absolute Gasteiger partial charge is 0.432 e. The Balaban J connectivity index is 1.50. The summed E-state index contributed by atoms with van der Waals surface area (Å²) >= 11 is 0. The molecule has 27 heavy (non-hydrogen) atoms. The van der Waals surface area contributed by atoms with Crippen molar-refractivity contribution in [2.24, 2.45) is 17.8 Å². The number of halogens is 4. The smallest absolute Gasteiger partial charge is 0.400 e. The van der Waals surface area contributed by atoms with Crippen molar-refractivity contribution in [1.29, 1.82) is 0 Å². The second kappa shape index (κ2) is 8.78. The Labute approximate surface area is 157 Å². The van der Waals surface area contributed by atoms with Crippen molar-refractivity contribution in [2.75, 3.05) is 13.2 Å². The molecule has 0 bridgehead atoms. The second-order valence-corrected chi connectivity index (χ2v) is 7.54. The summed E-state index contributed by atoms with van der Waals surface area (Å²) in [6.07, 6.45) is 0.0453. The molecule has 0 N–H and O–H groups in total. The lowest BCUT2D eigenvalue weighted by Crippen LogP contribution is -2.42. The highest BCUT2D eigenvalue weighted by Gasteiger charge is 2.45. The van der Waals surface area contributed by atoms with Crippen LogP contribution in [0.4, 0.5) is 17.6 Å². The van der Waals surface area contributed by atoms with Gasteiger partial charge in [0.05, 0.1) is 19.1 Å². The maximum Gasteiger partial charge on any atom is 0.400 e. The van der Waals surface area contributed by atoms with Crippen molar-refractivity contribution in [2.45, 2.75) is 57.8 Å². The van der Waals surface area contributed by atoms with Gasteiger partial charge in [0.2, 0.25) is 0 Å². The summed E-state index contributed by atoms with van der Waals surface area (Å²) in [4.78, 5) is 0. The maximum absolute atomic E-state index is 14.4. The average molecular weight is 390 g/mol. The Hall–Kier alpha value is -1.34. The van der Waals surface area contributed by atoms with Crippen molar-refractivity contribution in [3.05, 3.63) is 29.8 Å². The molecule has 1 aromatic carbocycles. The summed E-state index contributed by atoms with van der Waals surface area (Å²) in [5.74, 6) is -3.14. The van der Waals surface area contributed by atoms with E-state index in [4.69, 9.17) is 14.2 Å². The zero-order valence-electron chi connectivity index (χ0n) is 15.4. The molecule has 3 rings (SSSR count). The molecule has 1 saturated heterocycles. The first-order valence-corrected chi connectivity index (χ1v) is 9.64. The Bertz CT molecular complexity index is 609. The Morgan fingerprint density at radius 2 is 1.70 bits per heavy atom. The highest BCUT2D eigenvalue weighted by molar-refractivity contribution is 5.24. The van der Waals surface area contributed by atoms with E-state index >= 15 is 0 Å². The third-order valence-corrected chi connectivity index (χ3v) is 5.47. The van der Waals surface area contributed by atoms with E-state index in [2.05, 4.69) is 6.92 Å². The van der Waals surface area contributed by atoms with Gasteiger partial charge >= 0.3 is 6.11 Å². The van der Waals surface area contributed by atoms with Gasteiger partial charge < -0.3 is 14.2 Å². The van der Waals surface area contributed by atoms with Gasteiger partial charge in [-0.1, -0.05) is 13.3 Å². The van der Waals surface area contributed by atoms with Gasteiger partial charge in [0, 0.05) is 17.9 Å². The molecule has 1 aromatic rings. The fourth-order valence-electron chi connectivity index (χ4n) is 3.91. The number of benzene rings is 1. The predicted octanol–water partition coefficient (Wildman–Crippen LogP) is 5.53. The van der Waals surface area contributed by atoms with Crippen LogP contribution in [-0.2, 0) is 9.47 Å². The fraction of sp³-hybridized carbons (Fsp3) is 0.700. The van der Waals surface area contributed by atoms with Crippen LogP contribution in [0.2, 0.25) is 0 Å². The van der Waals surface area contributed by atoms with Crippen LogP contribution in [0.3, 0.4) is 0 Å². The molecular weight excluding hydrogens is 364 g/mol. The number of alkyl halides is 2. The molecule has 0 spiro atoms. The zero-order chi connectivity index (χ0) is 19.4. The van der Waals surface area contributed by atoms with Crippen LogP contribution in [0.1, 0.15) is 45.4 Å². The minimum atomic E-state index is -3.43. The van der Waals surface area contributed by atoms with E-state index < -0.39 is 23.7 Å². The molecule has 152 valence electrons. The van der Waals surface area contributed by atoms with Crippen molar-refractivity contribution in [1.82, 2.24) is 0 Å². The van der Waals surface area contributed by atoms with Crippen molar-refractivity contribution in [3.8, 4) is 5.75 Å². The van der Waals surface area contributed by atoms with Crippen molar-refractivity contribution < 1.29 is 31.8 Å². The quantitative estimate of drug-likeness (QED) is 0.598. The Kier molecular flexibility index (Phi) is 6.63. The first-order valence-electron chi connectivity index (χ1n) is 9.64. The first kappa shape index (κ1) is 20.4. The van der Waals surface area contributed by atoms with E-state index in [0.717, 1.165) is 25.0 Å². The van der Waals surface area contributed by atoms with Crippen molar-refractivity contribution in [3.63, 3.8) is 0 Å². The Morgan fingerprint density at radius 1 is 1.04 bits per heavy atom. The van der Waals surface area contributed by atoms with E-state index in [1.54, 1.807) is 0 Å². The van der Waals surface area contributed by atoms with E-state index in [-0.39, 0.29) is 30.8 Å². The molecule has 7 heteroatoms. The van der Waals surface area contributed by atoms with Gasteiger partial charge in [0.1, 0.15) is 5.75 Å². The van der Waals surface area contributed by atoms with E-state index in [0.29, 0.717) is 38.0 Å². The summed E-state index contributed by atoms with van der Waals surface area (Å²) < 4.78 is 71.3. The number of hydrogen-bond donors (Lipinski definition) is 0. The number of hydrogen-bond acceptors (Lipinski definition) is 3. The topological polar surface area (TPSA) is 27.7 Å². The third kappa shape index (κ3) is 5.13. The summed E-state index contributed by atoms with van der Waals surface area (Å²) in [6.45, 7) is 3.44. The fourth-order valence-corrected chi connectivity index (χ4v) is 3.91. The van der Waals surface area contributed by atoms with Gasteiger partial charge in [-0.05, 0) is 44.2 Å². The molecule has 0 amide bonds. The molecule has 1 heterocycles. The molecular formula is C20H26F4O3. The monoisotopic (exact) mass is 390 g/mol. The van der Waals surface area contributed by atoms with E-state index in [9.17, 15) is 17.6 Å². The van der Waals surface area contributed by atoms with Crippen LogP contribution in [0.15, 0.2) is 18.2 Å². The molecule has 1 aliphatic carbocycles. The van der Waals surface area contributed by atoms with Crippen LogP contribution in [0.25, 0.3) is 0 Å². The van der Waals surface area contributed by atoms with Crippen LogP contribution in [0.5, 0.6) is 5.75 Å². The van der Waals surface area contributed by atoms with Gasteiger partial charge in [0.15, 0.2) is 17.9 Å². The zero-order valence-corrected chi connectivity index (χ0v) is 15.4. The van der Waals surface area contributed by atoms with Gasteiger partial charge in [0.25, 0.3) is 0 Å². The second-order valence-electron chi connectivity index (χ2n) is 7.54. The Morgan fingerprint density at radius 3 is 2.30 bits per heavy atom. The normalized spacial score (nSPS) is 29.5. The van der Waals surface area contributed by atoms with Crippen LogP contribution in [0, 0.1) is 29.4 Å². The highest BCUT2D eigenvalue weighted by Crippen LogP contribution is 2.42. The highest BCUT2D eigenvalue weighted by atomic mass is 19.3. The van der Waals surface area contributed by atoms with Crippen LogP contribution >= 0.6 is 0 Å². The van der Waals surface area contributed by atoms with Gasteiger partial charge in [-0.3, -0.25) is 0 Å². The standard InChI is InChI=1S/C20H26F4O3/c1-2-3-13-11-25-19(26-12-13)14-4-6-15(7-5-14)20(23,24)27-16-8-9-17(21)18(22)10-16/h8-10,13-15,19H,2-7,11-12H2,1H3. The van der Waals surface area contributed by atoms with E-state index in [1.165, 1.54) is 0 Å². The van der Waals surface area contributed by atoms with Gasteiger partial charge in [-0.15, -0.1) is 0 Å². The predicted molar refractivity (Wildman–Crippen MR) is 91.5 cm³/mol. The first-order chi connectivity index (χ1) is 12.9. The lowest BCUT2D eigenvalue weighted by atomic mass is 9.80. The molecule has 1 saturated carbocycles. The summed E-state index contributed by atoms with van der Waals surface area (Å²) in [7, 11) is 0. The number of rotatable bonds is 6. The summed E-state index contributed by atoms with van der Waals surface area (Å²) in [6, 6.07) is 2.43. The lowest BCUT2D eigenvalue weighted by molar-refractivity contribution is -0.247. The third-order valence-electron chi connectivity index (χ3n) is 5.47. The minimum Gasteiger partial charge on any atom is -0.432 e. The van der Waals surface area contributed by atoms with E-state index in [1.807, 2.05) is 0 Å². The SMILES string of the molecule is CCCC1COC(C2CCC(C(F)(F)Oc3ccc(F)c(F)c3)CC2)OC1.